The second kappa shape index (κ2) is 4.73. The lowest BCUT2D eigenvalue weighted by molar-refractivity contribution is 0.457. The lowest BCUT2D eigenvalue weighted by atomic mass is 10.0. The molecule has 0 aliphatic heterocycles. The third kappa shape index (κ3) is 2.33. The summed E-state index contributed by atoms with van der Waals surface area (Å²) in [5.41, 5.74) is 2.86. The smallest absolute Gasteiger partial charge is 0.242 e. The molecule has 106 valence electrons. The van der Waals surface area contributed by atoms with Crippen LogP contribution in [0.1, 0.15) is 52.9 Å². The van der Waals surface area contributed by atoms with E-state index in [0.29, 0.717) is 22.7 Å². The van der Waals surface area contributed by atoms with Crippen molar-refractivity contribution < 1.29 is 0 Å². The maximum atomic E-state index is 4.57. The van der Waals surface area contributed by atoms with Crippen LogP contribution in [-0.2, 0) is 12.8 Å². The third-order valence-electron chi connectivity index (χ3n) is 5.29. The third-order valence-corrected chi connectivity index (χ3v) is 5.29. The standard InChI is InChI=1S/C15H26N4/c1-7-10-11(8-2)18-19-13(17-10)16-9-12-14(3,4)15(12,5)6/h12H,7-9H2,1-6H3,(H,16,17,19). The van der Waals surface area contributed by atoms with Crippen molar-refractivity contribution in [3.05, 3.63) is 11.4 Å². The van der Waals surface area contributed by atoms with E-state index in [4.69, 9.17) is 0 Å². The zero-order valence-corrected chi connectivity index (χ0v) is 13.0. The number of nitrogens with zero attached hydrogens (tertiary/aromatic N) is 3. The first kappa shape index (κ1) is 14.2. The maximum absolute atomic E-state index is 4.57. The Morgan fingerprint density at radius 2 is 1.53 bits per heavy atom. The second-order valence-electron chi connectivity index (χ2n) is 6.61. The molecule has 0 saturated heterocycles. The molecule has 1 aliphatic carbocycles. The van der Waals surface area contributed by atoms with Gasteiger partial charge in [0.25, 0.3) is 0 Å². The van der Waals surface area contributed by atoms with E-state index in [1.807, 2.05) is 0 Å². The summed E-state index contributed by atoms with van der Waals surface area (Å²) in [6.07, 6.45) is 1.81. The Morgan fingerprint density at radius 3 is 2.00 bits per heavy atom. The highest BCUT2D eigenvalue weighted by Gasteiger charge is 2.64. The number of aromatic nitrogens is 3. The number of hydrogen-bond acceptors (Lipinski definition) is 4. The van der Waals surface area contributed by atoms with Gasteiger partial charge < -0.3 is 5.32 Å². The minimum Gasteiger partial charge on any atom is -0.353 e. The molecule has 1 aromatic heterocycles. The Bertz CT molecular complexity index is 451. The minimum absolute atomic E-state index is 0.393. The normalized spacial score (nSPS) is 20.3. The molecular formula is C15H26N4. The summed E-state index contributed by atoms with van der Waals surface area (Å²) in [7, 11) is 0. The van der Waals surface area contributed by atoms with Gasteiger partial charge in [-0.15, -0.1) is 5.10 Å². The van der Waals surface area contributed by atoms with Crippen LogP contribution in [0, 0.1) is 16.7 Å². The fraction of sp³-hybridized carbons (Fsp3) is 0.800. The van der Waals surface area contributed by atoms with Crippen molar-refractivity contribution >= 4 is 5.95 Å². The summed E-state index contributed by atoms with van der Waals surface area (Å²) >= 11 is 0. The van der Waals surface area contributed by atoms with Gasteiger partial charge in [0.1, 0.15) is 0 Å². The summed E-state index contributed by atoms with van der Waals surface area (Å²) in [5.74, 6) is 1.34. The van der Waals surface area contributed by atoms with Crippen molar-refractivity contribution in [2.24, 2.45) is 16.7 Å². The number of nitrogens with one attached hydrogen (secondary N) is 1. The minimum atomic E-state index is 0.393. The van der Waals surface area contributed by atoms with E-state index < -0.39 is 0 Å². The van der Waals surface area contributed by atoms with E-state index in [9.17, 15) is 0 Å². The highest BCUT2D eigenvalue weighted by molar-refractivity contribution is 5.28. The Hall–Kier alpha value is -1.19. The molecule has 4 heteroatoms. The topological polar surface area (TPSA) is 50.7 Å². The lowest BCUT2D eigenvalue weighted by Crippen LogP contribution is -2.13. The summed E-state index contributed by atoms with van der Waals surface area (Å²) in [4.78, 5) is 4.57. The zero-order valence-electron chi connectivity index (χ0n) is 13.0. The Balaban J connectivity index is 2.02. The van der Waals surface area contributed by atoms with Crippen LogP contribution in [0.2, 0.25) is 0 Å². The van der Waals surface area contributed by atoms with E-state index >= 15 is 0 Å². The Labute approximate surface area is 116 Å². The molecule has 1 fully saturated rings. The molecule has 1 saturated carbocycles. The quantitative estimate of drug-likeness (QED) is 0.886. The van der Waals surface area contributed by atoms with Gasteiger partial charge in [0.05, 0.1) is 11.4 Å². The van der Waals surface area contributed by atoms with E-state index in [1.54, 1.807) is 0 Å². The summed E-state index contributed by atoms with van der Waals surface area (Å²) in [5, 5.41) is 11.8. The fourth-order valence-electron chi connectivity index (χ4n) is 3.05. The zero-order chi connectivity index (χ0) is 14.3. The highest BCUT2D eigenvalue weighted by Crippen LogP contribution is 2.68. The maximum Gasteiger partial charge on any atom is 0.242 e. The van der Waals surface area contributed by atoms with Crippen LogP contribution < -0.4 is 5.32 Å². The largest absolute Gasteiger partial charge is 0.353 e. The average molecular weight is 262 g/mol. The molecule has 1 aromatic rings. The van der Waals surface area contributed by atoms with Crippen LogP contribution in [0.5, 0.6) is 0 Å². The molecule has 0 radical (unpaired) electrons. The van der Waals surface area contributed by atoms with Gasteiger partial charge in [-0.3, -0.25) is 0 Å². The number of aryl methyl sites for hydroxylation is 2. The van der Waals surface area contributed by atoms with Crippen molar-refractivity contribution in [2.75, 3.05) is 11.9 Å². The molecule has 0 spiro atoms. The predicted octanol–water partition coefficient (Wildman–Crippen LogP) is 3.09. The molecule has 0 amide bonds. The van der Waals surface area contributed by atoms with Gasteiger partial charge in [0, 0.05) is 6.54 Å². The Kier molecular flexibility index (Phi) is 3.54. The van der Waals surface area contributed by atoms with Gasteiger partial charge in [-0.2, -0.15) is 5.10 Å². The molecular weight excluding hydrogens is 236 g/mol. The van der Waals surface area contributed by atoms with Crippen LogP contribution in [0.25, 0.3) is 0 Å². The van der Waals surface area contributed by atoms with Crippen LogP contribution in [0.4, 0.5) is 5.95 Å². The van der Waals surface area contributed by atoms with E-state index in [2.05, 4.69) is 62.0 Å². The fourth-order valence-corrected chi connectivity index (χ4v) is 3.05. The molecule has 1 N–H and O–H groups in total. The molecule has 4 nitrogen and oxygen atoms in total. The molecule has 2 rings (SSSR count). The molecule has 1 aliphatic rings. The van der Waals surface area contributed by atoms with Crippen molar-refractivity contribution in [3.8, 4) is 0 Å². The van der Waals surface area contributed by atoms with Crippen LogP contribution >= 0.6 is 0 Å². The number of hydrogen-bond donors (Lipinski definition) is 1. The molecule has 0 atom stereocenters. The first-order chi connectivity index (χ1) is 8.84. The van der Waals surface area contributed by atoms with Crippen LogP contribution in [0.3, 0.4) is 0 Å². The second-order valence-corrected chi connectivity index (χ2v) is 6.61. The molecule has 0 aromatic carbocycles. The number of anilines is 1. The molecule has 0 unspecified atom stereocenters. The SMILES string of the molecule is CCc1nnc(NCC2C(C)(C)C2(C)C)nc1CC. The van der Waals surface area contributed by atoms with Crippen molar-refractivity contribution in [1.29, 1.82) is 0 Å². The molecule has 19 heavy (non-hydrogen) atoms. The van der Waals surface area contributed by atoms with Gasteiger partial charge in [-0.05, 0) is 29.6 Å². The Morgan fingerprint density at radius 1 is 0.947 bits per heavy atom. The van der Waals surface area contributed by atoms with E-state index in [-0.39, 0.29) is 0 Å². The summed E-state index contributed by atoms with van der Waals surface area (Å²) in [6.45, 7) is 14.4. The lowest BCUT2D eigenvalue weighted by Gasteiger charge is -2.08. The predicted molar refractivity (Wildman–Crippen MR) is 78.1 cm³/mol. The monoisotopic (exact) mass is 262 g/mol. The van der Waals surface area contributed by atoms with Gasteiger partial charge >= 0.3 is 0 Å². The van der Waals surface area contributed by atoms with Crippen molar-refractivity contribution in [1.82, 2.24) is 15.2 Å². The first-order valence-corrected chi connectivity index (χ1v) is 7.30. The summed E-state index contributed by atoms with van der Waals surface area (Å²) in [6, 6.07) is 0. The first-order valence-electron chi connectivity index (χ1n) is 7.30. The molecule has 1 heterocycles. The number of rotatable bonds is 5. The van der Waals surface area contributed by atoms with Gasteiger partial charge in [0.15, 0.2) is 0 Å². The van der Waals surface area contributed by atoms with Gasteiger partial charge in [0.2, 0.25) is 5.95 Å². The van der Waals surface area contributed by atoms with Gasteiger partial charge in [-0.1, -0.05) is 41.5 Å². The van der Waals surface area contributed by atoms with Crippen molar-refractivity contribution in [3.63, 3.8) is 0 Å². The average Bonchev–Trinajstić information content (AvgIpc) is 2.76. The summed E-state index contributed by atoms with van der Waals surface area (Å²) < 4.78 is 0. The van der Waals surface area contributed by atoms with Gasteiger partial charge in [-0.25, -0.2) is 4.98 Å². The van der Waals surface area contributed by atoms with E-state index in [1.165, 1.54) is 0 Å². The van der Waals surface area contributed by atoms with E-state index in [0.717, 1.165) is 30.8 Å². The highest BCUT2D eigenvalue weighted by atomic mass is 15.2. The van der Waals surface area contributed by atoms with Crippen molar-refractivity contribution in [2.45, 2.75) is 54.4 Å². The van der Waals surface area contributed by atoms with Crippen LogP contribution in [-0.4, -0.2) is 21.7 Å². The van der Waals surface area contributed by atoms with Crippen LogP contribution in [0.15, 0.2) is 0 Å². The molecule has 0 bridgehead atoms.